The van der Waals surface area contributed by atoms with Crippen molar-refractivity contribution in [3.8, 4) is 0 Å². The van der Waals surface area contributed by atoms with E-state index in [2.05, 4.69) is 63.2 Å². The number of halogens is 1. The van der Waals surface area contributed by atoms with Crippen LogP contribution in [-0.2, 0) is 0 Å². The zero-order chi connectivity index (χ0) is 17.1. The number of hydrogen-bond donors (Lipinski definition) is 0. The summed E-state index contributed by atoms with van der Waals surface area (Å²) in [7, 11) is 0. The molecule has 4 rings (SSSR count). The van der Waals surface area contributed by atoms with E-state index in [1.807, 2.05) is 24.3 Å². The summed E-state index contributed by atoms with van der Waals surface area (Å²) in [5, 5.41) is 0. The van der Waals surface area contributed by atoms with Crippen LogP contribution < -0.4 is 14.7 Å². The molecule has 3 aromatic rings. The SMILES string of the molecule is Fc1ccc(N2CN(c3ccccc3)CN(c3ccccc3)C2)cc1. The highest BCUT2D eigenvalue weighted by atomic mass is 19.1. The largest absolute Gasteiger partial charge is 0.336 e. The third-order valence-corrected chi connectivity index (χ3v) is 4.46. The number of rotatable bonds is 3. The van der Waals surface area contributed by atoms with E-state index in [-0.39, 0.29) is 5.82 Å². The maximum Gasteiger partial charge on any atom is 0.123 e. The summed E-state index contributed by atoms with van der Waals surface area (Å²) in [6, 6.07) is 27.5. The van der Waals surface area contributed by atoms with Gasteiger partial charge in [-0.1, -0.05) is 36.4 Å². The lowest BCUT2D eigenvalue weighted by Gasteiger charge is -2.45. The van der Waals surface area contributed by atoms with Gasteiger partial charge >= 0.3 is 0 Å². The van der Waals surface area contributed by atoms with Gasteiger partial charge in [0.1, 0.15) is 5.82 Å². The van der Waals surface area contributed by atoms with Gasteiger partial charge in [0.05, 0.1) is 20.0 Å². The van der Waals surface area contributed by atoms with E-state index in [9.17, 15) is 4.39 Å². The minimum atomic E-state index is -0.208. The predicted octanol–water partition coefficient (Wildman–Crippen LogP) is 4.53. The van der Waals surface area contributed by atoms with E-state index >= 15 is 0 Å². The fourth-order valence-corrected chi connectivity index (χ4v) is 3.17. The number of para-hydroxylation sites is 2. The van der Waals surface area contributed by atoms with Gasteiger partial charge in [0.2, 0.25) is 0 Å². The van der Waals surface area contributed by atoms with Crippen LogP contribution in [0.2, 0.25) is 0 Å². The maximum atomic E-state index is 13.3. The van der Waals surface area contributed by atoms with Gasteiger partial charge in [-0.05, 0) is 48.5 Å². The Kier molecular flexibility index (Phi) is 4.25. The molecule has 1 heterocycles. The molecule has 0 unspecified atom stereocenters. The van der Waals surface area contributed by atoms with E-state index in [4.69, 9.17) is 0 Å². The number of hydrogen-bond acceptors (Lipinski definition) is 3. The predicted molar refractivity (Wildman–Crippen MR) is 101 cm³/mol. The first-order valence-corrected chi connectivity index (χ1v) is 8.40. The molecule has 3 nitrogen and oxygen atoms in total. The second-order valence-electron chi connectivity index (χ2n) is 6.19. The van der Waals surface area contributed by atoms with E-state index in [0.717, 1.165) is 25.7 Å². The summed E-state index contributed by atoms with van der Waals surface area (Å²) < 4.78 is 13.3. The number of benzene rings is 3. The van der Waals surface area contributed by atoms with Crippen LogP contribution in [0.15, 0.2) is 84.9 Å². The average Bonchev–Trinajstić information content (AvgIpc) is 2.69. The molecule has 0 saturated carbocycles. The van der Waals surface area contributed by atoms with Crippen molar-refractivity contribution < 1.29 is 4.39 Å². The number of nitrogens with zero attached hydrogens (tertiary/aromatic N) is 3. The molecule has 1 saturated heterocycles. The lowest BCUT2D eigenvalue weighted by molar-refractivity contribution is 0.607. The van der Waals surface area contributed by atoms with Crippen LogP contribution in [-0.4, -0.2) is 20.0 Å². The smallest absolute Gasteiger partial charge is 0.123 e. The fraction of sp³-hybridized carbons (Fsp3) is 0.143. The van der Waals surface area contributed by atoms with E-state index in [1.54, 1.807) is 0 Å². The Balaban J connectivity index is 1.66. The molecule has 0 amide bonds. The second-order valence-corrected chi connectivity index (χ2v) is 6.19. The van der Waals surface area contributed by atoms with E-state index in [1.165, 1.54) is 23.5 Å². The molecule has 0 aromatic heterocycles. The number of anilines is 3. The van der Waals surface area contributed by atoms with E-state index in [0.29, 0.717) is 0 Å². The zero-order valence-corrected chi connectivity index (χ0v) is 13.9. The van der Waals surface area contributed by atoms with Crippen molar-refractivity contribution in [1.29, 1.82) is 0 Å². The van der Waals surface area contributed by atoms with E-state index < -0.39 is 0 Å². The summed E-state index contributed by atoms with van der Waals surface area (Å²) in [6.45, 7) is 2.34. The third-order valence-electron chi connectivity index (χ3n) is 4.46. The molecule has 0 bridgehead atoms. The van der Waals surface area contributed by atoms with Crippen LogP contribution >= 0.6 is 0 Å². The second kappa shape index (κ2) is 6.85. The molecular formula is C21H20FN3. The molecule has 1 fully saturated rings. The van der Waals surface area contributed by atoms with Crippen molar-refractivity contribution in [3.63, 3.8) is 0 Å². The molecule has 1 aliphatic heterocycles. The molecule has 0 radical (unpaired) electrons. The first-order chi connectivity index (χ1) is 12.3. The van der Waals surface area contributed by atoms with Crippen molar-refractivity contribution in [2.75, 3.05) is 34.7 Å². The van der Waals surface area contributed by atoms with Gasteiger partial charge in [-0.15, -0.1) is 0 Å². The molecule has 1 aliphatic rings. The minimum absolute atomic E-state index is 0.208. The summed E-state index contributed by atoms with van der Waals surface area (Å²) in [5.74, 6) is -0.208. The Morgan fingerprint density at radius 3 is 1.24 bits per heavy atom. The van der Waals surface area contributed by atoms with Crippen molar-refractivity contribution in [2.45, 2.75) is 0 Å². The Labute approximate surface area is 147 Å². The first kappa shape index (κ1) is 15.5. The third kappa shape index (κ3) is 3.43. The van der Waals surface area contributed by atoms with Crippen LogP contribution in [0, 0.1) is 5.82 Å². The highest BCUT2D eigenvalue weighted by molar-refractivity contribution is 5.58. The molecule has 3 aromatic carbocycles. The van der Waals surface area contributed by atoms with Crippen molar-refractivity contribution in [3.05, 3.63) is 90.7 Å². The van der Waals surface area contributed by atoms with Gasteiger partial charge in [0.15, 0.2) is 0 Å². The topological polar surface area (TPSA) is 9.72 Å². The standard InChI is InChI=1S/C21H20FN3/c22-18-11-13-21(14-12-18)25-16-23(19-7-3-1-4-8-19)15-24(17-25)20-9-5-2-6-10-20/h1-14H,15-17H2. The molecule has 126 valence electrons. The van der Waals surface area contributed by atoms with Gasteiger partial charge in [-0.2, -0.15) is 0 Å². The van der Waals surface area contributed by atoms with Gasteiger partial charge in [0, 0.05) is 17.1 Å². The fourth-order valence-electron chi connectivity index (χ4n) is 3.17. The summed E-state index contributed by atoms with van der Waals surface area (Å²) in [6.07, 6.45) is 0. The molecule has 0 aliphatic carbocycles. The summed E-state index contributed by atoms with van der Waals surface area (Å²) >= 11 is 0. The molecule has 0 N–H and O–H groups in total. The molecule has 4 heteroatoms. The Hall–Kier alpha value is -3.01. The van der Waals surface area contributed by atoms with Crippen LogP contribution in [0.3, 0.4) is 0 Å². The highest BCUT2D eigenvalue weighted by Gasteiger charge is 2.24. The van der Waals surface area contributed by atoms with Gasteiger partial charge < -0.3 is 14.7 Å². The zero-order valence-electron chi connectivity index (χ0n) is 13.9. The monoisotopic (exact) mass is 333 g/mol. The molecule has 25 heavy (non-hydrogen) atoms. The van der Waals surface area contributed by atoms with Crippen molar-refractivity contribution in [2.24, 2.45) is 0 Å². The first-order valence-electron chi connectivity index (χ1n) is 8.40. The molecule has 0 atom stereocenters. The van der Waals surface area contributed by atoms with Gasteiger partial charge in [-0.3, -0.25) is 0 Å². The minimum Gasteiger partial charge on any atom is -0.336 e. The van der Waals surface area contributed by atoms with Crippen molar-refractivity contribution >= 4 is 17.1 Å². The quantitative estimate of drug-likeness (QED) is 0.697. The lowest BCUT2D eigenvalue weighted by Crippen LogP contribution is -2.55. The van der Waals surface area contributed by atoms with Crippen LogP contribution in [0.25, 0.3) is 0 Å². The maximum absolute atomic E-state index is 13.3. The van der Waals surface area contributed by atoms with Crippen molar-refractivity contribution in [1.82, 2.24) is 0 Å². The Bertz CT molecular complexity index is 758. The normalized spacial score (nSPS) is 14.7. The molecular weight excluding hydrogens is 313 g/mol. The summed E-state index contributed by atoms with van der Waals surface area (Å²) in [5.41, 5.74) is 3.37. The average molecular weight is 333 g/mol. The van der Waals surface area contributed by atoms with Gasteiger partial charge in [0.25, 0.3) is 0 Å². The lowest BCUT2D eigenvalue weighted by atomic mass is 10.2. The Morgan fingerprint density at radius 2 is 0.840 bits per heavy atom. The van der Waals surface area contributed by atoms with Crippen LogP contribution in [0.1, 0.15) is 0 Å². The molecule has 0 spiro atoms. The van der Waals surface area contributed by atoms with Crippen LogP contribution in [0.4, 0.5) is 21.5 Å². The summed E-state index contributed by atoms with van der Waals surface area (Å²) in [4.78, 5) is 6.89. The highest BCUT2D eigenvalue weighted by Crippen LogP contribution is 2.26. The van der Waals surface area contributed by atoms with Gasteiger partial charge in [-0.25, -0.2) is 4.39 Å². The van der Waals surface area contributed by atoms with Crippen LogP contribution in [0.5, 0.6) is 0 Å². The Morgan fingerprint density at radius 1 is 0.480 bits per heavy atom.